The molecule has 0 aliphatic carbocycles. The van der Waals surface area contributed by atoms with E-state index in [1.165, 1.54) is 23.5 Å². The molecule has 2 heterocycles. The molecular weight excluding hydrogens is 390 g/mol. The Morgan fingerprint density at radius 3 is 2.78 bits per heavy atom. The highest BCUT2D eigenvalue weighted by atomic mass is 32.1. The third-order valence-corrected chi connectivity index (χ3v) is 6.13. The van der Waals surface area contributed by atoms with Gasteiger partial charge in [-0.05, 0) is 19.9 Å². The van der Waals surface area contributed by atoms with E-state index in [0.29, 0.717) is 31.0 Å². The van der Waals surface area contributed by atoms with E-state index in [1.807, 2.05) is 0 Å². The summed E-state index contributed by atoms with van der Waals surface area (Å²) in [4.78, 5) is 40.0. The number of hydrogen-bond acceptors (Lipinski definition) is 7. The second-order valence-corrected chi connectivity index (χ2v) is 7.47. The molecule has 140 valence electrons. The Kier molecular flexibility index (Phi) is 5.19. The van der Waals surface area contributed by atoms with Gasteiger partial charge < -0.3 is 9.30 Å². The van der Waals surface area contributed by atoms with Gasteiger partial charge in [0.1, 0.15) is 4.88 Å². The molecule has 0 aliphatic heterocycles. The molecule has 0 aliphatic rings. The normalized spacial score (nSPS) is 11.7. The zero-order valence-corrected chi connectivity index (χ0v) is 16.3. The molecular formula is C17H15N3O5S2. The second-order valence-electron chi connectivity index (χ2n) is 5.58. The Morgan fingerprint density at radius 2 is 2.11 bits per heavy atom. The molecule has 0 spiro atoms. The van der Waals surface area contributed by atoms with Gasteiger partial charge in [-0.3, -0.25) is 14.9 Å². The number of benzene rings is 1. The fourth-order valence-electron chi connectivity index (χ4n) is 2.46. The SMILES string of the molecule is CCOC(=O)c1sc(=NC(=O)c2csc3cc([N+](=O)[O-])ccc23)n(C)c1C. The van der Waals surface area contributed by atoms with Crippen LogP contribution in [0.25, 0.3) is 10.1 Å². The van der Waals surface area contributed by atoms with Gasteiger partial charge in [-0.15, -0.1) is 11.3 Å². The molecule has 3 aromatic rings. The van der Waals surface area contributed by atoms with E-state index in [-0.39, 0.29) is 12.3 Å². The highest BCUT2D eigenvalue weighted by Crippen LogP contribution is 2.30. The van der Waals surface area contributed by atoms with Crippen molar-refractivity contribution in [2.24, 2.45) is 12.0 Å². The van der Waals surface area contributed by atoms with Crippen molar-refractivity contribution in [2.75, 3.05) is 6.61 Å². The Morgan fingerprint density at radius 1 is 1.37 bits per heavy atom. The summed E-state index contributed by atoms with van der Waals surface area (Å²) in [5.41, 5.74) is 1.00. The number of nitro groups is 1. The van der Waals surface area contributed by atoms with E-state index in [4.69, 9.17) is 4.74 Å². The molecule has 10 heteroatoms. The molecule has 0 bridgehead atoms. The van der Waals surface area contributed by atoms with Crippen LogP contribution < -0.4 is 4.80 Å². The fourth-order valence-corrected chi connectivity index (χ4v) is 4.43. The summed E-state index contributed by atoms with van der Waals surface area (Å²) in [6, 6.07) is 4.35. The minimum atomic E-state index is -0.476. The van der Waals surface area contributed by atoms with E-state index < -0.39 is 16.8 Å². The lowest BCUT2D eigenvalue weighted by Gasteiger charge is -2.00. The summed E-state index contributed by atoms with van der Waals surface area (Å²) < 4.78 is 7.32. The number of thiazole rings is 1. The smallest absolute Gasteiger partial charge is 0.350 e. The minimum Gasteiger partial charge on any atom is -0.462 e. The fraction of sp³-hybridized carbons (Fsp3) is 0.235. The molecule has 27 heavy (non-hydrogen) atoms. The first-order valence-corrected chi connectivity index (χ1v) is 9.61. The lowest BCUT2D eigenvalue weighted by molar-refractivity contribution is -0.384. The Balaban J connectivity index is 2.02. The number of carbonyl (C=O) groups excluding carboxylic acids is 2. The van der Waals surface area contributed by atoms with Gasteiger partial charge in [0, 0.05) is 40.3 Å². The van der Waals surface area contributed by atoms with E-state index in [2.05, 4.69) is 4.99 Å². The summed E-state index contributed by atoms with van der Waals surface area (Å²) >= 11 is 2.33. The quantitative estimate of drug-likeness (QED) is 0.376. The largest absolute Gasteiger partial charge is 0.462 e. The standard InChI is InChI=1S/C17H15N3O5S2/c1-4-25-16(22)14-9(2)19(3)17(27-14)18-15(21)12-8-26-13-7-10(20(23)24)5-6-11(12)13/h5-8H,4H2,1-3H3. The van der Waals surface area contributed by atoms with Crippen molar-refractivity contribution in [2.45, 2.75) is 13.8 Å². The number of fused-ring (bicyclic) bond motifs is 1. The number of non-ortho nitro benzene ring substituents is 1. The predicted molar refractivity (Wildman–Crippen MR) is 102 cm³/mol. The molecule has 0 saturated heterocycles. The number of hydrogen-bond donors (Lipinski definition) is 0. The molecule has 0 saturated carbocycles. The average molecular weight is 405 g/mol. The number of amides is 1. The van der Waals surface area contributed by atoms with Crippen LogP contribution in [0.3, 0.4) is 0 Å². The number of thiophene rings is 1. The first-order valence-electron chi connectivity index (χ1n) is 7.91. The van der Waals surface area contributed by atoms with Gasteiger partial charge >= 0.3 is 5.97 Å². The maximum absolute atomic E-state index is 12.7. The predicted octanol–water partition coefficient (Wildman–Crippen LogP) is 3.44. The number of nitrogens with zero attached hydrogens (tertiary/aromatic N) is 3. The third kappa shape index (κ3) is 3.53. The zero-order valence-electron chi connectivity index (χ0n) is 14.7. The monoisotopic (exact) mass is 405 g/mol. The van der Waals surface area contributed by atoms with Crippen LogP contribution in [0.4, 0.5) is 5.69 Å². The summed E-state index contributed by atoms with van der Waals surface area (Å²) in [5, 5.41) is 13.1. The molecule has 0 radical (unpaired) electrons. The van der Waals surface area contributed by atoms with Crippen LogP contribution in [0, 0.1) is 17.0 Å². The molecule has 0 atom stereocenters. The molecule has 0 N–H and O–H groups in total. The van der Waals surface area contributed by atoms with Gasteiger partial charge in [0.05, 0.1) is 17.1 Å². The van der Waals surface area contributed by atoms with Crippen LogP contribution >= 0.6 is 22.7 Å². The first-order chi connectivity index (χ1) is 12.8. The van der Waals surface area contributed by atoms with Crippen LogP contribution in [-0.4, -0.2) is 28.0 Å². The van der Waals surface area contributed by atoms with Gasteiger partial charge in [0.25, 0.3) is 11.6 Å². The minimum absolute atomic E-state index is 0.0281. The topological polar surface area (TPSA) is 104 Å². The van der Waals surface area contributed by atoms with Crippen molar-refractivity contribution in [1.29, 1.82) is 0 Å². The molecule has 1 amide bonds. The molecule has 1 aromatic carbocycles. The lowest BCUT2D eigenvalue weighted by Crippen LogP contribution is -2.14. The average Bonchev–Trinajstić information content (AvgIpc) is 3.17. The number of rotatable bonds is 4. The Labute approximate surface area is 161 Å². The van der Waals surface area contributed by atoms with Gasteiger partial charge in [-0.2, -0.15) is 4.99 Å². The van der Waals surface area contributed by atoms with Crippen molar-refractivity contribution in [3.05, 3.63) is 54.6 Å². The summed E-state index contributed by atoms with van der Waals surface area (Å²) in [7, 11) is 1.72. The number of ether oxygens (including phenoxy) is 1. The summed E-state index contributed by atoms with van der Waals surface area (Å²) in [6.45, 7) is 3.74. The van der Waals surface area contributed by atoms with Crippen molar-refractivity contribution >= 4 is 50.3 Å². The van der Waals surface area contributed by atoms with Crippen molar-refractivity contribution < 1.29 is 19.2 Å². The van der Waals surface area contributed by atoms with E-state index >= 15 is 0 Å². The lowest BCUT2D eigenvalue weighted by atomic mass is 10.1. The molecule has 3 rings (SSSR count). The van der Waals surface area contributed by atoms with E-state index in [1.54, 1.807) is 36.9 Å². The van der Waals surface area contributed by atoms with Gasteiger partial charge in [-0.25, -0.2) is 4.79 Å². The van der Waals surface area contributed by atoms with Crippen molar-refractivity contribution in [1.82, 2.24) is 4.57 Å². The zero-order chi connectivity index (χ0) is 19.7. The number of carbonyl (C=O) groups is 2. The van der Waals surface area contributed by atoms with E-state index in [0.717, 1.165) is 11.3 Å². The summed E-state index contributed by atoms with van der Waals surface area (Å²) in [5.74, 6) is -0.917. The highest BCUT2D eigenvalue weighted by Gasteiger charge is 2.18. The van der Waals surface area contributed by atoms with Gasteiger partial charge in [0.2, 0.25) is 0 Å². The number of nitro benzene ring substituents is 1. The highest BCUT2D eigenvalue weighted by molar-refractivity contribution is 7.17. The van der Waals surface area contributed by atoms with Crippen LogP contribution in [0.1, 0.15) is 32.6 Å². The maximum Gasteiger partial charge on any atom is 0.350 e. The van der Waals surface area contributed by atoms with E-state index in [9.17, 15) is 19.7 Å². The number of esters is 1. The Bertz CT molecular complexity index is 1140. The second kappa shape index (κ2) is 7.41. The third-order valence-electron chi connectivity index (χ3n) is 3.97. The molecule has 8 nitrogen and oxygen atoms in total. The van der Waals surface area contributed by atoms with Crippen molar-refractivity contribution in [3.8, 4) is 0 Å². The van der Waals surface area contributed by atoms with Gasteiger partial charge in [-0.1, -0.05) is 11.3 Å². The van der Waals surface area contributed by atoms with Gasteiger partial charge in [0.15, 0.2) is 4.80 Å². The van der Waals surface area contributed by atoms with Crippen LogP contribution in [0.15, 0.2) is 28.6 Å². The van der Waals surface area contributed by atoms with Crippen LogP contribution in [-0.2, 0) is 11.8 Å². The first kappa shape index (κ1) is 18.9. The van der Waals surface area contributed by atoms with Crippen LogP contribution in [0.2, 0.25) is 0 Å². The molecule has 0 fully saturated rings. The van der Waals surface area contributed by atoms with Crippen LogP contribution in [0.5, 0.6) is 0 Å². The maximum atomic E-state index is 12.7. The molecule has 0 unspecified atom stereocenters. The Hall–Kier alpha value is -2.85. The van der Waals surface area contributed by atoms with Crippen molar-refractivity contribution in [3.63, 3.8) is 0 Å². The molecule has 2 aromatic heterocycles. The number of aromatic nitrogens is 1. The summed E-state index contributed by atoms with van der Waals surface area (Å²) in [6.07, 6.45) is 0.